The average Bonchev–Trinajstić information content (AvgIpc) is 2.71. The molecule has 0 aromatic heterocycles. The van der Waals surface area contributed by atoms with Crippen LogP contribution >= 0.6 is 0 Å². The standard InChI is InChI=1S/C21H30N2O4.2C2H6/c1-8-11-12-18(9-2)23(10-3)19(25)14-16(4)13-17(15-24)22-20(26)27-21(5,6)7;2*1-2/h8-12,14-15,17H,1,3,13H2,2,4-7H3,(H,22,26);2*1-2H3/b12-11-,16-14+,18-9+;;. The van der Waals surface area contributed by atoms with E-state index in [4.69, 9.17) is 4.74 Å². The third-order valence-corrected chi connectivity index (χ3v) is 3.18. The lowest BCUT2D eigenvalue weighted by molar-refractivity contribution is -0.122. The molecule has 6 heteroatoms. The molecule has 2 amide bonds. The first kappa shape index (κ1) is 32.8. The van der Waals surface area contributed by atoms with Gasteiger partial charge in [-0.05, 0) is 47.1 Å². The van der Waals surface area contributed by atoms with E-state index in [9.17, 15) is 14.4 Å². The van der Waals surface area contributed by atoms with Crippen molar-refractivity contribution >= 4 is 18.3 Å². The zero-order valence-corrected chi connectivity index (χ0v) is 20.8. The molecule has 0 saturated heterocycles. The van der Waals surface area contributed by atoms with Gasteiger partial charge >= 0.3 is 6.09 Å². The van der Waals surface area contributed by atoms with E-state index < -0.39 is 17.7 Å². The molecule has 0 spiro atoms. The molecule has 0 aromatic carbocycles. The predicted octanol–water partition coefficient (Wildman–Crippen LogP) is 6.09. The van der Waals surface area contributed by atoms with E-state index in [1.165, 1.54) is 17.2 Å². The Hall–Kier alpha value is -2.89. The summed E-state index contributed by atoms with van der Waals surface area (Å²) in [7, 11) is 0. The molecule has 0 aliphatic carbocycles. The molecule has 0 fully saturated rings. The summed E-state index contributed by atoms with van der Waals surface area (Å²) in [6, 6.07) is -0.789. The second-order valence-corrected chi connectivity index (χ2v) is 6.78. The molecule has 0 saturated carbocycles. The summed E-state index contributed by atoms with van der Waals surface area (Å²) in [5.41, 5.74) is 0.603. The van der Waals surface area contributed by atoms with E-state index in [0.29, 0.717) is 17.6 Å². The number of hydrogen-bond donors (Lipinski definition) is 1. The molecule has 176 valence electrons. The molecule has 1 unspecified atom stereocenters. The number of allylic oxidation sites excluding steroid dienone is 4. The Morgan fingerprint density at radius 1 is 1.13 bits per heavy atom. The van der Waals surface area contributed by atoms with Gasteiger partial charge in [-0.2, -0.15) is 0 Å². The third kappa shape index (κ3) is 16.6. The van der Waals surface area contributed by atoms with Crippen LogP contribution in [0.4, 0.5) is 4.79 Å². The summed E-state index contributed by atoms with van der Waals surface area (Å²) in [5, 5.41) is 2.48. The topological polar surface area (TPSA) is 75.7 Å². The van der Waals surface area contributed by atoms with Gasteiger partial charge in [-0.1, -0.05) is 64.7 Å². The number of amides is 2. The first-order valence-corrected chi connectivity index (χ1v) is 10.6. The number of aldehydes is 1. The molecule has 31 heavy (non-hydrogen) atoms. The van der Waals surface area contributed by atoms with Gasteiger partial charge in [0.2, 0.25) is 0 Å². The summed E-state index contributed by atoms with van der Waals surface area (Å²) in [6.45, 7) is 24.0. The monoisotopic (exact) mass is 434 g/mol. The first-order valence-electron chi connectivity index (χ1n) is 10.6. The van der Waals surface area contributed by atoms with Crippen LogP contribution in [0.2, 0.25) is 0 Å². The number of carbonyl (C=O) groups is 3. The lowest BCUT2D eigenvalue weighted by Gasteiger charge is -2.22. The largest absolute Gasteiger partial charge is 0.444 e. The second kappa shape index (κ2) is 19.1. The Kier molecular flexibility index (Phi) is 20.2. The number of ether oxygens (including phenoxy) is 1. The summed E-state index contributed by atoms with van der Waals surface area (Å²) in [5.74, 6) is -0.314. The fourth-order valence-corrected chi connectivity index (χ4v) is 2.08. The van der Waals surface area contributed by atoms with Crippen molar-refractivity contribution in [1.82, 2.24) is 10.2 Å². The molecule has 0 heterocycles. The predicted molar refractivity (Wildman–Crippen MR) is 130 cm³/mol. The van der Waals surface area contributed by atoms with Gasteiger partial charge in [0, 0.05) is 18.0 Å². The fourth-order valence-electron chi connectivity index (χ4n) is 2.08. The number of nitrogens with zero attached hydrogens (tertiary/aromatic N) is 1. The van der Waals surface area contributed by atoms with Crippen molar-refractivity contribution in [2.24, 2.45) is 0 Å². The molecule has 6 nitrogen and oxygen atoms in total. The van der Waals surface area contributed by atoms with Crippen LogP contribution in [0.3, 0.4) is 0 Å². The highest BCUT2D eigenvalue weighted by Crippen LogP contribution is 2.12. The lowest BCUT2D eigenvalue weighted by atomic mass is 10.1. The van der Waals surface area contributed by atoms with Crippen LogP contribution in [0.5, 0.6) is 0 Å². The number of carbonyl (C=O) groups excluding carboxylic acids is 3. The zero-order valence-electron chi connectivity index (χ0n) is 20.8. The van der Waals surface area contributed by atoms with E-state index in [2.05, 4.69) is 18.5 Å². The van der Waals surface area contributed by atoms with Crippen LogP contribution in [-0.4, -0.2) is 34.8 Å². The van der Waals surface area contributed by atoms with E-state index >= 15 is 0 Å². The number of nitrogens with one attached hydrogen (secondary N) is 1. The van der Waals surface area contributed by atoms with Gasteiger partial charge in [-0.15, -0.1) is 0 Å². The van der Waals surface area contributed by atoms with Crippen LogP contribution in [0, 0.1) is 0 Å². The molecule has 0 rings (SSSR count). The van der Waals surface area contributed by atoms with Gasteiger partial charge in [0.15, 0.2) is 0 Å². The normalized spacial score (nSPS) is 12.3. The van der Waals surface area contributed by atoms with E-state index in [0.717, 1.165) is 0 Å². The highest BCUT2D eigenvalue weighted by Gasteiger charge is 2.20. The van der Waals surface area contributed by atoms with Gasteiger partial charge in [0.1, 0.15) is 11.9 Å². The Morgan fingerprint density at radius 2 is 1.68 bits per heavy atom. The number of rotatable bonds is 9. The summed E-state index contributed by atoms with van der Waals surface area (Å²) in [4.78, 5) is 36.9. The maximum Gasteiger partial charge on any atom is 0.408 e. The quantitative estimate of drug-likeness (QED) is 0.271. The maximum atomic E-state index is 12.5. The van der Waals surface area contributed by atoms with Crippen LogP contribution in [0.25, 0.3) is 0 Å². The minimum absolute atomic E-state index is 0.188. The van der Waals surface area contributed by atoms with E-state index in [1.54, 1.807) is 58.9 Å². The van der Waals surface area contributed by atoms with Crippen molar-refractivity contribution < 1.29 is 19.1 Å². The SMILES string of the molecule is C=C/C=C\C(=C/C)N(C=C)C(=O)/C=C(\C)CC(C=O)NC(=O)OC(C)(C)C.CC.CC. The highest BCUT2D eigenvalue weighted by molar-refractivity contribution is 5.91. The molecule has 0 aromatic rings. The molecule has 1 atom stereocenters. The second-order valence-electron chi connectivity index (χ2n) is 6.78. The minimum atomic E-state index is -0.789. The third-order valence-electron chi connectivity index (χ3n) is 3.18. The van der Waals surface area contributed by atoms with Crippen molar-refractivity contribution in [1.29, 1.82) is 0 Å². The fraction of sp³-hybridized carbons (Fsp3) is 0.480. The van der Waals surface area contributed by atoms with Crippen LogP contribution in [0.15, 0.2) is 61.0 Å². The number of hydrogen-bond acceptors (Lipinski definition) is 4. The van der Waals surface area contributed by atoms with Gasteiger partial charge < -0.3 is 14.8 Å². The summed E-state index contributed by atoms with van der Waals surface area (Å²) >= 11 is 0. The van der Waals surface area contributed by atoms with Gasteiger partial charge in [0.25, 0.3) is 5.91 Å². The Labute approximate surface area is 189 Å². The first-order chi connectivity index (χ1) is 14.6. The maximum absolute atomic E-state index is 12.5. The molecule has 0 aliphatic heterocycles. The Balaban J connectivity index is -0.00000184. The highest BCUT2D eigenvalue weighted by atomic mass is 16.6. The van der Waals surface area contributed by atoms with Crippen molar-refractivity contribution in [3.05, 3.63) is 61.0 Å². The summed E-state index contributed by atoms with van der Waals surface area (Å²) < 4.78 is 5.13. The summed E-state index contributed by atoms with van der Waals surface area (Å²) in [6.07, 6.45) is 9.74. The molecular formula is C25H42N2O4. The van der Waals surface area contributed by atoms with Gasteiger partial charge in [0.05, 0.1) is 6.04 Å². The van der Waals surface area contributed by atoms with Crippen molar-refractivity contribution in [3.8, 4) is 0 Å². The van der Waals surface area contributed by atoms with Crippen molar-refractivity contribution in [3.63, 3.8) is 0 Å². The van der Waals surface area contributed by atoms with Crippen LogP contribution in [-0.2, 0) is 14.3 Å². The number of alkyl carbamates (subject to hydrolysis) is 1. The van der Waals surface area contributed by atoms with Crippen LogP contribution < -0.4 is 5.32 Å². The molecular weight excluding hydrogens is 392 g/mol. The smallest absolute Gasteiger partial charge is 0.408 e. The molecule has 0 radical (unpaired) electrons. The molecule has 0 bridgehead atoms. The van der Waals surface area contributed by atoms with Crippen molar-refractivity contribution in [2.75, 3.05) is 0 Å². The lowest BCUT2D eigenvalue weighted by Crippen LogP contribution is -2.40. The zero-order chi connectivity index (χ0) is 25.0. The van der Waals surface area contributed by atoms with Gasteiger partial charge in [-0.3, -0.25) is 9.69 Å². The van der Waals surface area contributed by atoms with Crippen molar-refractivity contribution in [2.45, 2.75) is 80.4 Å². The van der Waals surface area contributed by atoms with Crippen LogP contribution in [0.1, 0.15) is 68.7 Å². The van der Waals surface area contributed by atoms with E-state index in [1.807, 2.05) is 27.7 Å². The Morgan fingerprint density at radius 3 is 2.06 bits per heavy atom. The van der Waals surface area contributed by atoms with Gasteiger partial charge in [-0.25, -0.2) is 4.79 Å². The molecule has 1 N–H and O–H groups in total. The minimum Gasteiger partial charge on any atom is -0.444 e. The average molecular weight is 435 g/mol. The van der Waals surface area contributed by atoms with E-state index in [-0.39, 0.29) is 12.3 Å². The Bertz CT molecular complexity index is 653. The molecule has 0 aliphatic rings.